The first-order valence-electron chi connectivity index (χ1n) is 12.7. The average molecular weight is 591 g/mol. The molecule has 3 aromatic rings. The molecule has 0 bridgehead atoms. The van der Waals surface area contributed by atoms with Gasteiger partial charge in [0.2, 0.25) is 15.0 Å². The summed E-state index contributed by atoms with van der Waals surface area (Å²) in [6.07, 6.45) is 3.27. The Morgan fingerprint density at radius 1 is 1.10 bits per heavy atom. The molecule has 1 spiro atoms. The van der Waals surface area contributed by atoms with Crippen molar-refractivity contribution in [3.05, 3.63) is 39.8 Å². The number of aromatic nitrogens is 3. The lowest BCUT2D eigenvalue weighted by molar-refractivity contribution is -0.0905. The van der Waals surface area contributed by atoms with E-state index in [1.54, 1.807) is 23.1 Å². The van der Waals surface area contributed by atoms with Crippen LogP contribution in [0.15, 0.2) is 34.3 Å². The van der Waals surface area contributed by atoms with Gasteiger partial charge in [0.1, 0.15) is 22.7 Å². The maximum atomic E-state index is 14.1. The van der Waals surface area contributed by atoms with Gasteiger partial charge >= 0.3 is 6.09 Å². The number of pyridine rings is 1. The molecule has 3 heterocycles. The maximum Gasteiger partial charge on any atom is 0.410 e. The normalized spacial score (nSPS) is 16.9. The minimum absolute atomic E-state index is 0.146. The lowest BCUT2D eigenvalue weighted by Crippen LogP contribution is -2.64. The third kappa shape index (κ3) is 4.98. The van der Waals surface area contributed by atoms with E-state index in [9.17, 15) is 18.0 Å². The number of ether oxygens (including phenoxy) is 3. The van der Waals surface area contributed by atoms with Crippen LogP contribution in [-0.4, -0.2) is 73.1 Å². The summed E-state index contributed by atoms with van der Waals surface area (Å²) in [5.74, 6) is 0.787. The number of halogens is 1. The molecule has 0 unspecified atom stereocenters. The van der Waals surface area contributed by atoms with Crippen LogP contribution in [0, 0.1) is 5.41 Å². The van der Waals surface area contributed by atoms with Gasteiger partial charge in [-0.25, -0.2) is 18.2 Å². The Kier molecular flexibility index (Phi) is 6.77. The predicted molar refractivity (Wildman–Crippen MR) is 149 cm³/mol. The summed E-state index contributed by atoms with van der Waals surface area (Å²) in [4.78, 5) is 36.6. The molecule has 1 aromatic carbocycles. The number of amides is 1. The molecule has 1 saturated carbocycles. The molecular weight excluding hydrogens is 560 g/mol. The van der Waals surface area contributed by atoms with Gasteiger partial charge in [-0.2, -0.15) is 4.98 Å². The van der Waals surface area contributed by atoms with Gasteiger partial charge in [0.15, 0.2) is 0 Å². The molecule has 0 atom stereocenters. The summed E-state index contributed by atoms with van der Waals surface area (Å²) in [5, 5.41) is 0.345. The van der Waals surface area contributed by atoms with Crippen LogP contribution in [0.2, 0.25) is 5.02 Å². The topological polar surface area (TPSA) is 130 Å². The highest BCUT2D eigenvalue weighted by atomic mass is 35.5. The summed E-state index contributed by atoms with van der Waals surface area (Å²) < 4.78 is 42.3. The zero-order chi connectivity index (χ0) is 29.2. The van der Waals surface area contributed by atoms with Gasteiger partial charge in [-0.3, -0.25) is 9.36 Å². The van der Waals surface area contributed by atoms with Crippen molar-refractivity contribution in [3.63, 3.8) is 0 Å². The van der Waals surface area contributed by atoms with Crippen LogP contribution in [0.3, 0.4) is 0 Å². The lowest BCUT2D eigenvalue weighted by Gasteiger charge is -2.58. The van der Waals surface area contributed by atoms with Gasteiger partial charge in [-0.05, 0) is 45.7 Å². The monoisotopic (exact) mass is 590 g/mol. The third-order valence-electron chi connectivity index (χ3n) is 7.25. The van der Waals surface area contributed by atoms with Gasteiger partial charge in [0, 0.05) is 59.6 Å². The Morgan fingerprint density at radius 3 is 2.35 bits per heavy atom. The quantitative estimate of drug-likeness (QED) is 0.403. The van der Waals surface area contributed by atoms with Crippen LogP contribution in [0.1, 0.15) is 39.7 Å². The fraction of sp³-hybridized carbons (Fsp3) is 0.481. The molecule has 0 N–H and O–H groups in total. The second-order valence-electron chi connectivity index (χ2n) is 11.5. The zero-order valence-electron chi connectivity index (χ0n) is 23.1. The van der Waals surface area contributed by atoms with Crippen molar-refractivity contribution in [2.45, 2.75) is 50.4 Å². The minimum atomic E-state index is -3.72. The van der Waals surface area contributed by atoms with E-state index in [2.05, 4.69) is 9.97 Å². The van der Waals surface area contributed by atoms with Gasteiger partial charge < -0.3 is 19.1 Å². The van der Waals surface area contributed by atoms with Gasteiger partial charge in [0.25, 0.3) is 5.56 Å². The smallest absolute Gasteiger partial charge is 0.410 e. The van der Waals surface area contributed by atoms with E-state index in [4.69, 9.17) is 25.8 Å². The predicted octanol–water partition coefficient (Wildman–Crippen LogP) is 4.10. The van der Waals surface area contributed by atoms with Crippen LogP contribution in [0.5, 0.6) is 11.5 Å². The summed E-state index contributed by atoms with van der Waals surface area (Å²) in [6.45, 7) is 6.50. The van der Waals surface area contributed by atoms with Crippen molar-refractivity contribution in [2.75, 3.05) is 33.6 Å². The van der Waals surface area contributed by atoms with Crippen LogP contribution >= 0.6 is 11.6 Å². The molecule has 11 nitrogen and oxygen atoms in total. The number of rotatable bonds is 5. The number of methoxy groups -OCH3 is 2. The molecule has 1 saturated heterocycles. The SMILES string of the molecule is COc1cc(OC)c(Cl)c(-c2cc3cnc(S(C)(=O)=O)nc3n(C3CC4(C3)CN(C(=O)OC(C)(C)C)C4)c2=O)c1. The van der Waals surface area contributed by atoms with Crippen molar-refractivity contribution in [1.29, 1.82) is 0 Å². The van der Waals surface area contributed by atoms with E-state index in [1.807, 2.05) is 20.8 Å². The lowest BCUT2D eigenvalue weighted by atomic mass is 9.60. The van der Waals surface area contributed by atoms with Crippen molar-refractivity contribution in [2.24, 2.45) is 5.41 Å². The molecule has 2 aromatic heterocycles. The Morgan fingerprint density at radius 2 is 1.77 bits per heavy atom. The number of carbonyl (C=O) groups is 1. The number of likely N-dealkylation sites (tertiary alicyclic amines) is 1. The molecule has 13 heteroatoms. The standard InChI is InChI=1S/C27H31ClN4O7S/c1-26(2,3)39-25(34)31-13-27(14-31)10-16(11-27)32-22-15(12-29-24(30-22)40(6,35)36)7-19(23(32)33)18-8-17(37-4)9-20(38-5)21(18)28/h7-9,12,16H,10-11,13-14H2,1-6H3. The number of hydrogen-bond acceptors (Lipinski definition) is 9. The first kappa shape index (κ1) is 28.2. The maximum absolute atomic E-state index is 14.1. The van der Waals surface area contributed by atoms with E-state index in [0.29, 0.717) is 48.4 Å². The fourth-order valence-electron chi connectivity index (χ4n) is 5.45. The first-order chi connectivity index (χ1) is 18.6. The van der Waals surface area contributed by atoms with Crippen molar-refractivity contribution in [1.82, 2.24) is 19.4 Å². The Bertz CT molecular complexity index is 1680. The number of benzene rings is 1. The summed E-state index contributed by atoms with van der Waals surface area (Å²) in [6, 6.07) is 4.60. The van der Waals surface area contributed by atoms with Crippen molar-refractivity contribution >= 4 is 38.6 Å². The number of nitrogens with zero attached hydrogens (tertiary/aromatic N) is 4. The van der Waals surface area contributed by atoms with E-state index in [-0.39, 0.29) is 44.5 Å². The van der Waals surface area contributed by atoms with E-state index < -0.39 is 15.4 Å². The highest BCUT2D eigenvalue weighted by Gasteiger charge is 2.55. The number of hydrogen-bond donors (Lipinski definition) is 0. The largest absolute Gasteiger partial charge is 0.497 e. The molecule has 1 aliphatic heterocycles. The molecule has 2 aliphatic rings. The van der Waals surface area contributed by atoms with Gasteiger partial charge in [-0.1, -0.05) is 11.6 Å². The second-order valence-corrected chi connectivity index (χ2v) is 13.8. The van der Waals surface area contributed by atoms with Crippen LogP contribution < -0.4 is 15.0 Å². The summed E-state index contributed by atoms with van der Waals surface area (Å²) in [7, 11) is -0.756. The van der Waals surface area contributed by atoms with Crippen molar-refractivity contribution < 1.29 is 27.4 Å². The number of carbonyl (C=O) groups excluding carboxylic acids is 1. The van der Waals surface area contributed by atoms with Crippen molar-refractivity contribution in [3.8, 4) is 22.6 Å². The van der Waals surface area contributed by atoms with E-state index in [0.717, 1.165) is 6.26 Å². The van der Waals surface area contributed by atoms with E-state index in [1.165, 1.54) is 25.0 Å². The molecule has 0 radical (unpaired) electrons. The Labute approximate surface area is 236 Å². The third-order valence-corrected chi connectivity index (χ3v) is 8.50. The number of fused-ring (bicyclic) bond motifs is 1. The molecule has 5 rings (SSSR count). The Balaban J connectivity index is 1.57. The molecule has 214 valence electrons. The molecule has 1 amide bonds. The molecule has 40 heavy (non-hydrogen) atoms. The zero-order valence-corrected chi connectivity index (χ0v) is 24.7. The van der Waals surface area contributed by atoms with Crippen LogP contribution in [-0.2, 0) is 14.6 Å². The fourth-order valence-corrected chi connectivity index (χ4v) is 6.23. The minimum Gasteiger partial charge on any atom is -0.497 e. The second kappa shape index (κ2) is 9.62. The molecule has 2 fully saturated rings. The average Bonchev–Trinajstić information content (AvgIpc) is 2.81. The van der Waals surface area contributed by atoms with Gasteiger partial charge in [0.05, 0.1) is 19.2 Å². The van der Waals surface area contributed by atoms with Gasteiger partial charge in [-0.15, -0.1) is 0 Å². The molecular formula is C27H31ClN4O7S. The first-order valence-corrected chi connectivity index (χ1v) is 14.9. The number of sulfone groups is 1. The van der Waals surface area contributed by atoms with Crippen LogP contribution in [0.25, 0.3) is 22.2 Å². The highest BCUT2D eigenvalue weighted by Crippen LogP contribution is 2.54. The van der Waals surface area contributed by atoms with Crippen LogP contribution in [0.4, 0.5) is 4.79 Å². The molecule has 1 aliphatic carbocycles. The summed E-state index contributed by atoms with van der Waals surface area (Å²) in [5.41, 5.74) is -0.220. The highest BCUT2D eigenvalue weighted by molar-refractivity contribution is 7.90. The Hall–Kier alpha value is -3.38. The van der Waals surface area contributed by atoms with E-state index >= 15 is 0 Å². The summed E-state index contributed by atoms with van der Waals surface area (Å²) >= 11 is 6.64.